The van der Waals surface area contributed by atoms with E-state index in [1.54, 1.807) is 0 Å². The standard InChI is InChI=1S/C11H21NO3/c1-4-11(5-2,9(12)13)8-10(3)14-6-7-15-10/h4-8H2,1-3H3,(H2,12,13). The third-order valence-corrected chi connectivity index (χ3v) is 3.43. The molecule has 1 amide bonds. The summed E-state index contributed by atoms with van der Waals surface area (Å²) in [4.78, 5) is 11.5. The van der Waals surface area contributed by atoms with Gasteiger partial charge in [-0.15, -0.1) is 0 Å². The van der Waals surface area contributed by atoms with Crippen molar-refractivity contribution in [3.63, 3.8) is 0 Å². The molecule has 1 saturated heterocycles. The van der Waals surface area contributed by atoms with Gasteiger partial charge in [0.2, 0.25) is 5.91 Å². The van der Waals surface area contributed by atoms with Crippen LogP contribution in [0.25, 0.3) is 0 Å². The van der Waals surface area contributed by atoms with Crippen LogP contribution in [0.4, 0.5) is 0 Å². The van der Waals surface area contributed by atoms with Crippen LogP contribution in [0.3, 0.4) is 0 Å². The maximum atomic E-state index is 11.5. The Morgan fingerprint density at radius 1 is 1.33 bits per heavy atom. The van der Waals surface area contributed by atoms with Gasteiger partial charge in [-0.25, -0.2) is 0 Å². The van der Waals surface area contributed by atoms with E-state index in [0.717, 1.165) is 12.8 Å². The molecule has 1 aliphatic rings. The van der Waals surface area contributed by atoms with Crippen LogP contribution >= 0.6 is 0 Å². The van der Waals surface area contributed by atoms with Crippen molar-refractivity contribution in [1.29, 1.82) is 0 Å². The van der Waals surface area contributed by atoms with E-state index in [1.165, 1.54) is 0 Å². The first-order chi connectivity index (χ1) is 6.98. The zero-order chi connectivity index (χ0) is 11.5. The van der Waals surface area contributed by atoms with E-state index >= 15 is 0 Å². The highest BCUT2D eigenvalue weighted by atomic mass is 16.7. The van der Waals surface area contributed by atoms with Crippen LogP contribution in [-0.2, 0) is 14.3 Å². The summed E-state index contributed by atoms with van der Waals surface area (Å²) in [5, 5.41) is 0. The maximum absolute atomic E-state index is 11.5. The van der Waals surface area contributed by atoms with Crippen LogP contribution in [0.1, 0.15) is 40.0 Å². The molecule has 1 fully saturated rings. The maximum Gasteiger partial charge on any atom is 0.223 e. The van der Waals surface area contributed by atoms with Crippen LogP contribution in [0.2, 0.25) is 0 Å². The minimum Gasteiger partial charge on any atom is -0.369 e. The minimum absolute atomic E-state index is 0.257. The molecule has 88 valence electrons. The van der Waals surface area contributed by atoms with Crippen molar-refractivity contribution >= 4 is 5.91 Å². The summed E-state index contributed by atoms with van der Waals surface area (Å²) in [6.07, 6.45) is 1.99. The fourth-order valence-corrected chi connectivity index (χ4v) is 2.21. The summed E-state index contributed by atoms with van der Waals surface area (Å²) < 4.78 is 11.0. The molecule has 2 N–H and O–H groups in total. The Morgan fingerprint density at radius 3 is 2.13 bits per heavy atom. The fourth-order valence-electron chi connectivity index (χ4n) is 2.21. The molecule has 0 spiro atoms. The Hall–Kier alpha value is -0.610. The molecule has 0 atom stereocenters. The van der Waals surface area contributed by atoms with Gasteiger partial charge in [-0.1, -0.05) is 13.8 Å². The zero-order valence-corrected chi connectivity index (χ0v) is 9.84. The van der Waals surface area contributed by atoms with E-state index in [2.05, 4.69) is 0 Å². The van der Waals surface area contributed by atoms with E-state index < -0.39 is 11.2 Å². The van der Waals surface area contributed by atoms with Crippen molar-refractivity contribution < 1.29 is 14.3 Å². The fraction of sp³-hybridized carbons (Fsp3) is 0.909. The third kappa shape index (κ3) is 2.49. The average molecular weight is 215 g/mol. The summed E-state index contributed by atoms with van der Waals surface area (Å²) in [5.41, 5.74) is 4.98. The molecule has 1 rings (SSSR count). The summed E-state index contributed by atoms with van der Waals surface area (Å²) >= 11 is 0. The number of nitrogens with two attached hydrogens (primary N) is 1. The van der Waals surface area contributed by atoms with Gasteiger partial charge in [-0.05, 0) is 19.8 Å². The lowest BCUT2D eigenvalue weighted by molar-refractivity contribution is -0.173. The van der Waals surface area contributed by atoms with Crippen molar-refractivity contribution in [3.8, 4) is 0 Å². The first kappa shape index (κ1) is 12.5. The second kappa shape index (κ2) is 4.49. The average Bonchev–Trinajstić information content (AvgIpc) is 2.61. The first-order valence-electron chi connectivity index (χ1n) is 5.56. The topological polar surface area (TPSA) is 61.6 Å². The molecule has 0 unspecified atom stereocenters. The van der Waals surface area contributed by atoms with Gasteiger partial charge in [0.25, 0.3) is 0 Å². The molecular weight excluding hydrogens is 194 g/mol. The van der Waals surface area contributed by atoms with E-state index in [9.17, 15) is 4.79 Å². The van der Waals surface area contributed by atoms with Crippen LogP contribution in [-0.4, -0.2) is 24.9 Å². The van der Waals surface area contributed by atoms with Gasteiger partial charge in [0.05, 0.1) is 18.6 Å². The van der Waals surface area contributed by atoms with Crippen LogP contribution in [0.5, 0.6) is 0 Å². The van der Waals surface area contributed by atoms with Gasteiger partial charge in [0, 0.05) is 6.42 Å². The largest absolute Gasteiger partial charge is 0.369 e. The lowest BCUT2D eigenvalue weighted by Crippen LogP contribution is -2.43. The highest BCUT2D eigenvalue weighted by Crippen LogP contribution is 2.38. The lowest BCUT2D eigenvalue weighted by atomic mass is 9.76. The van der Waals surface area contributed by atoms with Gasteiger partial charge >= 0.3 is 0 Å². The van der Waals surface area contributed by atoms with E-state index in [-0.39, 0.29) is 5.91 Å². The summed E-state index contributed by atoms with van der Waals surface area (Å²) in [6, 6.07) is 0. The number of carbonyl (C=O) groups excluding carboxylic acids is 1. The van der Waals surface area contributed by atoms with Crippen LogP contribution in [0, 0.1) is 5.41 Å². The van der Waals surface area contributed by atoms with Gasteiger partial charge in [-0.3, -0.25) is 4.79 Å². The molecular formula is C11H21NO3. The molecule has 4 nitrogen and oxygen atoms in total. The highest BCUT2D eigenvalue weighted by Gasteiger charge is 2.43. The molecule has 0 aromatic carbocycles. The summed E-state index contributed by atoms with van der Waals surface area (Å²) in [5.74, 6) is -0.894. The Balaban J connectivity index is 2.77. The molecule has 1 heterocycles. The first-order valence-corrected chi connectivity index (χ1v) is 5.56. The molecule has 0 bridgehead atoms. The Bertz CT molecular complexity index is 230. The molecule has 0 aliphatic carbocycles. The zero-order valence-electron chi connectivity index (χ0n) is 9.84. The number of rotatable bonds is 5. The summed E-state index contributed by atoms with van der Waals surface area (Å²) in [7, 11) is 0. The third-order valence-electron chi connectivity index (χ3n) is 3.43. The number of hydrogen-bond donors (Lipinski definition) is 1. The number of primary amides is 1. The van der Waals surface area contributed by atoms with Crippen molar-refractivity contribution in [2.75, 3.05) is 13.2 Å². The van der Waals surface area contributed by atoms with Crippen molar-refractivity contribution in [2.45, 2.75) is 45.8 Å². The normalized spacial score (nSPS) is 20.5. The van der Waals surface area contributed by atoms with Gasteiger partial charge in [0.1, 0.15) is 0 Å². The van der Waals surface area contributed by atoms with Gasteiger partial charge in [0.15, 0.2) is 5.79 Å². The van der Waals surface area contributed by atoms with E-state index in [1.807, 2.05) is 20.8 Å². The van der Waals surface area contributed by atoms with Crippen molar-refractivity contribution in [3.05, 3.63) is 0 Å². The van der Waals surface area contributed by atoms with E-state index in [0.29, 0.717) is 19.6 Å². The molecule has 0 saturated carbocycles. The van der Waals surface area contributed by atoms with Crippen molar-refractivity contribution in [2.24, 2.45) is 11.1 Å². The smallest absolute Gasteiger partial charge is 0.223 e. The second-order valence-electron chi connectivity index (χ2n) is 4.36. The number of amides is 1. The van der Waals surface area contributed by atoms with E-state index in [4.69, 9.17) is 15.2 Å². The number of hydrogen-bond acceptors (Lipinski definition) is 3. The minimum atomic E-state index is -0.638. The van der Waals surface area contributed by atoms with Crippen LogP contribution in [0.15, 0.2) is 0 Å². The molecule has 15 heavy (non-hydrogen) atoms. The Labute approximate surface area is 91.1 Å². The molecule has 0 aromatic heterocycles. The number of carbonyl (C=O) groups is 1. The molecule has 1 aliphatic heterocycles. The second-order valence-corrected chi connectivity index (χ2v) is 4.36. The predicted molar refractivity (Wildman–Crippen MR) is 57.1 cm³/mol. The Kier molecular flexibility index (Phi) is 3.73. The molecule has 0 radical (unpaired) electrons. The van der Waals surface area contributed by atoms with Gasteiger partial charge in [-0.2, -0.15) is 0 Å². The molecule has 4 heteroatoms. The quantitative estimate of drug-likeness (QED) is 0.754. The van der Waals surface area contributed by atoms with Crippen molar-refractivity contribution in [1.82, 2.24) is 0 Å². The number of ether oxygens (including phenoxy) is 2. The molecule has 0 aromatic rings. The lowest BCUT2D eigenvalue weighted by Gasteiger charge is -2.35. The van der Waals surface area contributed by atoms with Gasteiger partial charge < -0.3 is 15.2 Å². The summed E-state index contributed by atoms with van der Waals surface area (Å²) in [6.45, 7) is 7.03. The van der Waals surface area contributed by atoms with Crippen LogP contribution < -0.4 is 5.73 Å². The Morgan fingerprint density at radius 2 is 1.80 bits per heavy atom. The SMILES string of the molecule is CCC(CC)(CC1(C)OCCO1)C(N)=O. The predicted octanol–water partition coefficient (Wildman–Crippen LogP) is 1.43. The monoisotopic (exact) mass is 215 g/mol. The highest BCUT2D eigenvalue weighted by molar-refractivity contribution is 5.80.